The van der Waals surface area contributed by atoms with Crippen molar-refractivity contribution in [2.75, 3.05) is 24.2 Å². The highest BCUT2D eigenvalue weighted by molar-refractivity contribution is 6.24. The van der Waals surface area contributed by atoms with Gasteiger partial charge in [0.05, 0.1) is 42.1 Å². The molecule has 0 N–H and O–H groups in total. The van der Waals surface area contributed by atoms with Crippen molar-refractivity contribution >= 4 is 28.9 Å². The summed E-state index contributed by atoms with van der Waals surface area (Å²) >= 11 is 0. The van der Waals surface area contributed by atoms with Crippen molar-refractivity contribution in [2.24, 2.45) is 5.92 Å². The average Bonchev–Trinajstić information content (AvgIpc) is 3.39. The van der Waals surface area contributed by atoms with Gasteiger partial charge in [-0.05, 0) is 36.4 Å². The molecule has 2 saturated heterocycles. The molecule has 11 heteroatoms. The van der Waals surface area contributed by atoms with Gasteiger partial charge in [0.1, 0.15) is 17.8 Å². The largest absolute Gasteiger partial charge is 0.493 e. The number of carbonyl (C=O) groups excluding carboxylic acids is 2. The number of fused-ring (bicyclic) bond motifs is 1. The van der Waals surface area contributed by atoms with Crippen molar-refractivity contribution in [1.29, 1.82) is 0 Å². The molecule has 5 rings (SSSR count). The molecule has 2 amide bonds. The second kappa shape index (κ2) is 8.93. The Morgan fingerprint density at radius 2 is 1.58 bits per heavy atom. The van der Waals surface area contributed by atoms with Gasteiger partial charge in [-0.25, -0.2) is 14.4 Å². The number of hydrogen-bond acceptors (Lipinski definition) is 8. The van der Waals surface area contributed by atoms with Crippen LogP contribution in [-0.2, 0) is 14.4 Å². The molecule has 0 saturated carbocycles. The van der Waals surface area contributed by atoms with E-state index in [0.717, 1.165) is 11.0 Å². The molecule has 2 aliphatic heterocycles. The number of amides is 2. The molecule has 184 valence electrons. The van der Waals surface area contributed by atoms with Gasteiger partial charge in [-0.15, -0.1) is 0 Å². The second-order valence-electron chi connectivity index (χ2n) is 8.17. The van der Waals surface area contributed by atoms with Crippen molar-refractivity contribution in [2.45, 2.75) is 12.1 Å². The monoisotopic (exact) mass is 493 g/mol. The van der Waals surface area contributed by atoms with E-state index >= 15 is 0 Å². The number of rotatable bonds is 6. The lowest BCUT2D eigenvalue weighted by Gasteiger charge is -2.29. The Kier molecular flexibility index (Phi) is 5.77. The summed E-state index contributed by atoms with van der Waals surface area (Å²) in [5.41, 5.74) is 0.289. The molecule has 2 heterocycles. The van der Waals surface area contributed by atoms with Gasteiger partial charge in [-0.3, -0.25) is 24.5 Å². The topological polar surface area (TPSA) is 111 Å². The van der Waals surface area contributed by atoms with Gasteiger partial charge >= 0.3 is 0 Å². The summed E-state index contributed by atoms with van der Waals surface area (Å²) in [4.78, 5) is 45.4. The van der Waals surface area contributed by atoms with Crippen molar-refractivity contribution in [3.05, 3.63) is 88.2 Å². The highest BCUT2D eigenvalue weighted by atomic mass is 19.1. The first-order chi connectivity index (χ1) is 17.3. The van der Waals surface area contributed by atoms with Gasteiger partial charge < -0.3 is 9.47 Å². The summed E-state index contributed by atoms with van der Waals surface area (Å²) in [6.45, 7) is 0. The summed E-state index contributed by atoms with van der Waals surface area (Å²) in [5.74, 6) is -2.80. The fourth-order valence-electron chi connectivity index (χ4n) is 4.68. The van der Waals surface area contributed by atoms with Gasteiger partial charge in [0.15, 0.2) is 17.6 Å². The van der Waals surface area contributed by atoms with Gasteiger partial charge in [-0.2, -0.15) is 0 Å². The molecule has 0 spiro atoms. The maximum absolute atomic E-state index is 13.9. The van der Waals surface area contributed by atoms with E-state index in [0.29, 0.717) is 5.69 Å². The number of halogens is 1. The lowest BCUT2D eigenvalue weighted by atomic mass is 9.89. The Morgan fingerprint density at radius 1 is 0.917 bits per heavy atom. The Labute approximate surface area is 204 Å². The zero-order valence-electron chi connectivity index (χ0n) is 19.2. The number of imide groups is 1. The normalized spacial score (nSPS) is 21.0. The van der Waals surface area contributed by atoms with Crippen molar-refractivity contribution in [3.8, 4) is 11.5 Å². The third-order valence-corrected chi connectivity index (χ3v) is 6.24. The van der Waals surface area contributed by atoms with Crippen molar-refractivity contribution in [1.82, 2.24) is 0 Å². The Hall–Kier alpha value is -4.51. The van der Waals surface area contributed by atoms with E-state index in [9.17, 15) is 24.1 Å². The van der Waals surface area contributed by atoms with E-state index in [1.165, 1.54) is 49.6 Å². The summed E-state index contributed by atoms with van der Waals surface area (Å²) in [7, 11) is 2.73. The highest BCUT2D eigenvalue weighted by Crippen LogP contribution is 2.51. The molecular weight excluding hydrogens is 473 g/mol. The zero-order chi connectivity index (χ0) is 25.6. The van der Waals surface area contributed by atoms with E-state index in [-0.39, 0.29) is 28.4 Å². The Bertz CT molecular complexity index is 1370. The second-order valence-corrected chi connectivity index (χ2v) is 8.17. The number of para-hydroxylation sites is 1. The number of ether oxygens (including phenoxy) is 2. The van der Waals surface area contributed by atoms with Gasteiger partial charge in [0.25, 0.3) is 11.6 Å². The summed E-state index contributed by atoms with van der Waals surface area (Å²) in [6.07, 6.45) is -1.28. The van der Waals surface area contributed by atoms with Gasteiger partial charge in [-0.1, -0.05) is 24.3 Å². The number of benzene rings is 3. The predicted octanol–water partition coefficient (Wildman–Crippen LogP) is 3.80. The lowest BCUT2D eigenvalue weighted by Crippen LogP contribution is -2.37. The molecule has 0 unspecified atom stereocenters. The molecule has 36 heavy (non-hydrogen) atoms. The molecular formula is C25H20FN3O7. The maximum atomic E-state index is 13.9. The number of methoxy groups -OCH3 is 2. The minimum Gasteiger partial charge on any atom is -0.493 e. The molecule has 10 nitrogen and oxygen atoms in total. The molecule has 0 aromatic heterocycles. The number of carbonyl (C=O) groups is 2. The van der Waals surface area contributed by atoms with E-state index < -0.39 is 40.6 Å². The number of anilines is 2. The summed E-state index contributed by atoms with van der Waals surface area (Å²) in [5, 5.41) is 13.4. The molecule has 0 aliphatic carbocycles. The summed E-state index contributed by atoms with van der Waals surface area (Å²) < 4.78 is 24.5. The van der Waals surface area contributed by atoms with Crippen LogP contribution in [0.2, 0.25) is 0 Å². The number of hydroxylamine groups is 1. The van der Waals surface area contributed by atoms with Gasteiger partial charge in [0.2, 0.25) is 5.91 Å². The van der Waals surface area contributed by atoms with Crippen LogP contribution in [0.3, 0.4) is 0 Å². The fourth-order valence-corrected chi connectivity index (χ4v) is 4.68. The molecule has 2 aliphatic rings. The fraction of sp³-hybridized carbons (Fsp3) is 0.200. The molecule has 0 bridgehead atoms. The van der Waals surface area contributed by atoms with Crippen LogP contribution < -0.4 is 19.4 Å². The minimum absolute atomic E-state index is 0.0508. The standard InChI is InChI=1S/C25H20FN3O7/c1-34-19-12-17(18(29(32)33)13-20(19)35-2)22-21-23(36-28(22)15-8-4-3-5-9-15)25(31)27(24(21)30)16-10-6-7-14(26)11-16/h3-13,21-23H,1-2H3/t21-,22-,23+/m1/s1. The van der Waals surface area contributed by atoms with Crippen LogP contribution in [0.25, 0.3) is 0 Å². The molecule has 3 atom stereocenters. The quantitative estimate of drug-likeness (QED) is 0.290. The van der Waals surface area contributed by atoms with Gasteiger partial charge in [0, 0.05) is 0 Å². The first-order valence-electron chi connectivity index (χ1n) is 10.9. The minimum atomic E-state index is -1.28. The van der Waals surface area contributed by atoms with E-state index in [1.807, 2.05) is 0 Å². The SMILES string of the molecule is COc1cc([C@@H]2[C@H]3C(=O)N(c4cccc(F)c4)C(=O)[C@H]3ON2c2ccccc2)c([N+](=O)[O-])cc1OC. The molecule has 3 aromatic carbocycles. The molecule has 3 aromatic rings. The van der Waals surface area contributed by atoms with E-state index in [2.05, 4.69) is 0 Å². The number of nitrogens with zero attached hydrogens (tertiary/aromatic N) is 3. The van der Waals surface area contributed by atoms with Crippen molar-refractivity contribution in [3.63, 3.8) is 0 Å². The number of nitro groups is 1. The van der Waals surface area contributed by atoms with Crippen molar-refractivity contribution < 1.29 is 33.2 Å². The Balaban J connectivity index is 1.69. The number of nitro benzene ring substituents is 1. The summed E-state index contributed by atoms with van der Waals surface area (Å²) in [6, 6.07) is 15.2. The van der Waals surface area contributed by atoms with Crippen LogP contribution in [-0.4, -0.2) is 37.1 Å². The van der Waals surface area contributed by atoms with Crippen LogP contribution in [0.1, 0.15) is 11.6 Å². The average molecular weight is 493 g/mol. The van der Waals surface area contributed by atoms with Crippen LogP contribution in [0, 0.1) is 21.8 Å². The van der Waals surface area contributed by atoms with E-state index in [4.69, 9.17) is 14.3 Å². The van der Waals surface area contributed by atoms with Crippen LogP contribution in [0.15, 0.2) is 66.7 Å². The maximum Gasteiger partial charge on any atom is 0.278 e. The Morgan fingerprint density at radius 3 is 2.22 bits per heavy atom. The first kappa shape index (κ1) is 23.2. The van der Waals surface area contributed by atoms with Crippen LogP contribution in [0.4, 0.5) is 21.5 Å². The van der Waals surface area contributed by atoms with Crippen LogP contribution >= 0.6 is 0 Å². The number of hydrogen-bond donors (Lipinski definition) is 0. The first-order valence-corrected chi connectivity index (χ1v) is 10.9. The zero-order valence-corrected chi connectivity index (χ0v) is 19.2. The molecule has 0 radical (unpaired) electrons. The smallest absolute Gasteiger partial charge is 0.278 e. The highest BCUT2D eigenvalue weighted by Gasteiger charge is 2.61. The third kappa shape index (κ3) is 3.60. The third-order valence-electron chi connectivity index (χ3n) is 6.24. The van der Waals surface area contributed by atoms with E-state index in [1.54, 1.807) is 30.3 Å². The van der Waals surface area contributed by atoms with Crippen LogP contribution in [0.5, 0.6) is 11.5 Å². The lowest BCUT2D eigenvalue weighted by molar-refractivity contribution is -0.385. The predicted molar refractivity (Wildman–Crippen MR) is 125 cm³/mol. The molecule has 2 fully saturated rings.